The van der Waals surface area contributed by atoms with Gasteiger partial charge in [0.25, 0.3) is 0 Å². The van der Waals surface area contributed by atoms with Gasteiger partial charge in [0.05, 0.1) is 0 Å². The Hall–Kier alpha value is -0.570. The zero-order chi connectivity index (χ0) is 10.2. The van der Waals surface area contributed by atoms with Gasteiger partial charge in [0.2, 0.25) is 5.91 Å². The lowest BCUT2D eigenvalue weighted by Gasteiger charge is -2.16. The Morgan fingerprint density at radius 1 is 1.42 bits per heavy atom. The van der Waals surface area contributed by atoms with Gasteiger partial charge in [-0.05, 0) is 0 Å². The van der Waals surface area contributed by atoms with Gasteiger partial charge in [-0.3, -0.25) is 4.79 Å². The van der Waals surface area contributed by atoms with Crippen LogP contribution in [0.15, 0.2) is 0 Å². The lowest BCUT2D eigenvalue weighted by Crippen LogP contribution is -2.37. The molecule has 1 amide bonds. The minimum absolute atomic E-state index is 0. The summed E-state index contributed by atoms with van der Waals surface area (Å²) in [5.74, 6) is 0.0537. The predicted octanol–water partition coefficient (Wildman–Crippen LogP) is 1.63. The molecule has 0 aliphatic rings. The molecule has 0 spiro atoms. The van der Waals surface area contributed by atoms with Crippen molar-refractivity contribution in [1.29, 1.82) is 0 Å². The maximum Gasteiger partial charge on any atom is 0.225 e. The number of amides is 1. The molecule has 0 saturated heterocycles. The summed E-state index contributed by atoms with van der Waals surface area (Å²) in [7, 11) is 0. The summed E-state index contributed by atoms with van der Waals surface area (Å²) < 4.78 is 0. The van der Waals surface area contributed by atoms with Crippen molar-refractivity contribution in [1.82, 2.24) is 5.32 Å². The first kappa shape index (κ1) is 14.0. The molecule has 0 aromatic heterocycles. The first-order chi connectivity index (χ1) is 5.48. The highest BCUT2D eigenvalue weighted by molar-refractivity contribution is 5.81. The van der Waals surface area contributed by atoms with Crippen molar-refractivity contribution >= 4 is 5.91 Å². The van der Waals surface area contributed by atoms with Gasteiger partial charge in [0, 0.05) is 21.4 Å². The summed E-state index contributed by atoms with van der Waals surface area (Å²) in [6, 6.07) is 0. The van der Waals surface area contributed by atoms with Crippen LogP contribution >= 0.6 is 0 Å². The third-order valence-corrected chi connectivity index (χ3v) is 1.11. The van der Waals surface area contributed by atoms with Crippen LogP contribution in [-0.4, -0.2) is 19.0 Å². The molecule has 3 heteroatoms. The van der Waals surface area contributed by atoms with E-state index in [9.17, 15) is 4.79 Å². The highest BCUT2D eigenvalue weighted by Crippen LogP contribution is 2.11. The molecule has 0 atom stereocenters. The quantitative estimate of drug-likeness (QED) is 0.675. The highest BCUT2D eigenvalue weighted by atomic mass is 16.2. The third-order valence-electron chi connectivity index (χ3n) is 1.11. The number of nitrogens with two attached hydrogens (primary N) is 1. The van der Waals surface area contributed by atoms with Gasteiger partial charge in [0.15, 0.2) is 0 Å². The molecular weight excluding hydrogens is 152 g/mol. The molecule has 0 aromatic carbocycles. The molecule has 0 unspecified atom stereocenters. The summed E-state index contributed by atoms with van der Waals surface area (Å²) in [5, 5.41) is 2.71. The molecule has 0 radical (unpaired) electrons. The first-order valence-electron chi connectivity index (χ1n) is 4.47. The fraction of sp³-hybridized carbons (Fsp3) is 0.889. The summed E-state index contributed by atoms with van der Waals surface area (Å²) in [4.78, 5) is 11.1. The molecule has 0 bridgehead atoms. The average molecular weight is 178 g/mol. The van der Waals surface area contributed by atoms with Crippen LogP contribution in [0.5, 0.6) is 0 Å². The van der Waals surface area contributed by atoms with Gasteiger partial charge in [-0.1, -0.05) is 34.6 Å². The smallest absolute Gasteiger partial charge is 0.225 e. The van der Waals surface area contributed by atoms with E-state index in [1.165, 1.54) is 0 Å². The molecular formula is C9H26N2O. The Bertz CT molecular complexity index is 124. The minimum atomic E-state index is -0.296. The van der Waals surface area contributed by atoms with Crippen LogP contribution in [0.4, 0.5) is 0 Å². The fourth-order valence-electron chi connectivity index (χ4n) is 0.451. The van der Waals surface area contributed by atoms with E-state index in [1.54, 1.807) is 0 Å². The van der Waals surface area contributed by atoms with Gasteiger partial charge in [-0.25, -0.2) is 0 Å². The Kier molecular flexibility index (Phi) is 8.27. The van der Waals surface area contributed by atoms with E-state index < -0.39 is 0 Å². The van der Waals surface area contributed by atoms with E-state index >= 15 is 0 Å². The van der Waals surface area contributed by atoms with Crippen molar-refractivity contribution in [3.8, 4) is 0 Å². The van der Waals surface area contributed by atoms with E-state index in [4.69, 9.17) is 5.73 Å². The molecule has 0 aliphatic carbocycles. The highest BCUT2D eigenvalue weighted by Gasteiger charge is 2.19. The van der Waals surface area contributed by atoms with Crippen molar-refractivity contribution in [3.63, 3.8) is 0 Å². The second-order valence-corrected chi connectivity index (χ2v) is 3.29. The lowest BCUT2D eigenvalue weighted by molar-refractivity contribution is -0.128. The van der Waals surface area contributed by atoms with E-state index in [1.807, 2.05) is 34.6 Å². The van der Waals surface area contributed by atoms with Gasteiger partial charge in [0.1, 0.15) is 0 Å². The van der Waals surface area contributed by atoms with Crippen molar-refractivity contribution < 1.29 is 7.65 Å². The Balaban J connectivity index is -0.000000117. The fourth-order valence-corrected chi connectivity index (χ4v) is 0.451. The molecule has 78 valence electrons. The number of hydrogen-bond donors (Lipinski definition) is 2. The summed E-state index contributed by atoms with van der Waals surface area (Å²) in [6.07, 6.45) is 0. The molecule has 3 N–H and O–H groups in total. The van der Waals surface area contributed by atoms with Crippen LogP contribution in [-0.2, 0) is 4.79 Å². The molecule has 0 rings (SSSR count). The standard InChI is InChI=1S/C7H16N2O.C2H6.2H2/c1-7(2,3)6(10)9-5-4-8;1-2;;/h4-5,8H2,1-3H3,(H,9,10);1-2H3;2*1H. The average Bonchev–Trinajstić information content (AvgIpc) is 2.02. The Morgan fingerprint density at radius 3 is 2.08 bits per heavy atom. The predicted molar refractivity (Wildman–Crippen MR) is 57.1 cm³/mol. The molecule has 0 heterocycles. The second kappa shape index (κ2) is 7.10. The van der Waals surface area contributed by atoms with Crippen LogP contribution in [0.3, 0.4) is 0 Å². The molecule has 0 saturated carbocycles. The van der Waals surface area contributed by atoms with Crippen molar-refractivity contribution in [2.45, 2.75) is 34.6 Å². The van der Waals surface area contributed by atoms with Crippen LogP contribution in [0.25, 0.3) is 0 Å². The van der Waals surface area contributed by atoms with E-state index in [0.717, 1.165) is 0 Å². The SMILES string of the molecule is CC.CC(C)(C)C(=O)NCCN.[HH].[HH]. The maximum absolute atomic E-state index is 11.1. The van der Waals surface area contributed by atoms with E-state index in [2.05, 4.69) is 5.32 Å². The maximum atomic E-state index is 11.1. The number of rotatable bonds is 2. The van der Waals surface area contributed by atoms with E-state index in [-0.39, 0.29) is 14.2 Å². The van der Waals surface area contributed by atoms with Crippen LogP contribution in [0, 0.1) is 5.41 Å². The van der Waals surface area contributed by atoms with Gasteiger partial charge in [-0.2, -0.15) is 0 Å². The third kappa shape index (κ3) is 7.54. The molecule has 12 heavy (non-hydrogen) atoms. The molecule has 3 nitrogen and oxygen atoms in total. The summed E-state index contributed by atoms with van der Waals surface area (Å²) >= 11 is 0. The molecule has 0 aliphatic heterocycles. The summed E-state index contributed by atoms with van der Waals surface area (Å²) in [6.45, 7) is 10.7. The van der Waals surface area contributed by atoms with Gasteiger partial charge >= 0.3 is 0 Å². The Morgan fingerprint density at radius 2 is 1.83 bits per heavy atom. The van der Waals surface area contributed by atoms with Crippen molar-refractivity contribution in [2.24, 2.45) is 11.1 Å². The minimum Gasteiger partial charge on any atom is -0.354 e. The Labute approximate surface area is 78.7 Å². The van der Waals surface area contributed by atoms with E-state index in [0.29, 0.717) is 13.1 Å². The number of nitrogens with one attached hydrogen (secondary N) is 1. The lowest BCUT2D eigenvalue weighted by atomic mass is 9.96. The van der Waals surface area contributed by atoms with Gasteiger partial charge in [-0.15, -0.1) is 0 Å². The second-order valence-electron chi connectivity index (χ2n) is 3.29. The zero-order valence-electron chi connectivity index (χ0n) is 8.90. The number of carbonyl (C=O) groups is 1. The number of hydrogen-bond acceptors (Lipinski definition) is 2. The van der Waals surface area contributed by atoms with Gasteiger partial charge < -0.3 is 11.1 Å². The molecule has 0 fully saturated rings. The summed E-state index contributed by atoms with van der Waals surface area (Å²) in [5.41, 5.74) is 4.91. The van der Waals surface area contributed by atoms with Crippen molar-refractivity contribution in [2.75, 3.05) is 13.1 Å². The molecule has 0 aromatic rings. The topological polar surface area (TPSA) is 55.1 Å². The number of carbonyl (C=O) groups excluding carboxylic acids is 1. The first-order valence-corrected chi connectivity index (χ1v) is 4.47. The largest absolute Gasteiger partial charge is 0.354 e. The zero-order valence-corrected chi connectivity index (χ0v) is 8.90. The monoisotopic (exact) mass is 178 g/mol. The normalized spacial score (nSPS) is 9.83. The van der Waals surface area contributed by atoms with Crippen LogP contribution in [0.2, 0.25) is 0 Å². The van der Waals surface area contributed by atoms with Crippen LogP contribution < -0.4 is 11.1 Å². The van der Waals surface area contributed by atoms with Crippen LogP contribution in [0.1, 0.15) is 37.5 Å². The van der Waals surface area contributed by atoms with Crippen molar-refractivity contribution in [3.05, 3.63) is 0 Å².